The molecule has 1 unspecified atom stereocenters. The molecule has 1 saturated heterocycles. The van der Waals surface area contributed by atoms with Gasteiger partial charge in [-0.05, 0) is 18.9 Å². The van der Waals surface area contributed by atoms with E-state index in [9.17, 15) is 9.59 Å². The molecule has 2 heterocycles. The number of benzene rings is 1. The monoisotopic (exact) mass is 273 g/mol. The van der Waals surface area contributed by atoms with E-state index >= 15 is 0 Å². The van der Waals surface area contributed by atoms with Crippen LogP contribution in [0.4, 0.5) is 5.69 Å². The lowest BCUT2D eigenvalue weighted by molar-refractivity contribution is -0.130. The summed E-state index contributed by atoms with van der Waals surface area (Å²) in [5, 5.41) is 6.33. The third-order valence-corrected chi connectivity index (χ3v) is 4.13. The highest BCUT2D eigenvalue weighted by Gasteiger charge is 2.32. The van der Waals surface area contributed by atoms with E-state index in [1.807, 2.05) is 29.2 Å². The van der Waals surface area contributed by atoms with Gasteiger partial charge in [0.2, 0.25) is 11.8 Å². The molecule has 0 aromatic heterocycles. The summed E-state index contributed by atoms with van der Waals surface area (Å²) in [6.07, 6.45) is 1.79. The summed E-state index contributed by atoms with van der Waals surface area (Å²) < 4.78 is 0. The molecule has 3 rings (SSSR count). The zero-order chi connectivity index (χ0) is 14.1. The lowest BCUT2D eigenvalue weighted by Gasteiger charge is -2.33. The zero-order valence-electron chi connectivity index (χ0n) is 11.6. The largest absolute Gasteiger partial charge is 0.343 e. The van der Waals surface area contributed by atoms with Gasteiger partial charge in [-0.3, -0.25) is 14.9 Å². The van der Waals surface area contributed by atoms with Crippen molar-refractivity contribution in [3.63, 3.8) is 0 Å². The topological polar surface area (TPSA) is 61.4 Å². The van der Waals surface area contributed by atoms with Crippen molar-refractivity contribution in [2.75, 3.05) is 18.4 Å². The number of hydrogen-bond donors (Lipinski definition) is 2. The van der Waals surface area contributed by atoms with Crippen LogP contribution in [-0.4, -0.2) is 35.8 Å². The Morgan fingerprint density at radius 3 is 2.70 bits per heavy atom. The van der Waals surface area contributed by atoms with Gasteiger partial charge in [-0.2, -0.15) is 0 Å². The van der Waals surface area contributed by atoms with Crippen molar-refractivity contribution >= 4 is 17.5 Å². The minimum Gasteiger partial charge on any atom is -0.343 e. The second kappa shape index (κ2) is 5.25. The van der Waals surface area contributed by atoms with Crippen molar-refractivity contribution in [2.24, 2.45) is 0 Å². The van der Waals surface area contributed by atoms with Gasteiger partial charge in [-0.15, -0.1) is 0 Å². The Kier molecular flexibility index (Phi) is 3.44. The highest BCUT2D eigenvalue weighted by molar-refractivity contribution is 6.02. The van der Waals surface area contributed by atoms with Crippen LogP contribution in [0.2, 0.25) is 0 Å². The summed E-state index contributed by atoms with van der Waals surface area (Å²) in [5.74, 6) is 0.146. The standard InChI is InChI=1S/C15H19N3O2/c1-10(19)18-8-6-11(7-9-18)16-14-12-4-2-3-5-13(12)17-15(14)20/h2-5,11,14,16H,6-9H2,1H3,(H,17,20). The molecule has 0 spiro atoms. The average molecular weight is 273 g/mol. The highest BCUT2D eigenvalue weighted by atomic mass is 16.2. The molecule has 5 nitrogen and oxygen atoms in total. The molecule has 1 fully saturated rings. The summed E-state index contributed by atoms with van der Waals surface area (Å²) in [6.45, 7) is 3.14. The van der Waals surface area contributed by atoms with Gasteiger partial charge in [-0.25, -0.2) is 0 Å². The van der Waals surface area contributed by atoms with Crippen molar-refractivity contribution in [1.29, 1.82) is 0 Å². The predicted molar refractivity (Wildman–Crippen MR) is 76.2 cm³/mol. The molecular weight excluding hydrogens is 254 g/mol. The molecule has 106 valence electrons. The minimum atomic E-state index is -0.264. The van der Waals surface area contributed by atoms with Crippen molar-refractivity contribution in [2.45, 2.75) is 31.8 Å². The Hall–Kier alpha value is -1.88. The maximum atomic E-state index is 12.0. The van der Waals surface area contributed by atoms with E-state index in [4.69, 9.17) is 0 Å². The zero-order valence-corrected chi connectivity index (χ0v) is 11.6. The minimum absolute atomic E-state index is 0.0141. The van der Waals surface area contributed by atoms with Crippen LogP contribution < -0.4 is 10.6 Å². The van der Waals surface area contributed by atoms with Crippen LogP contribution in [0, 0.1) is 0 Å². The Morgan fingerprint density at radius 1 is 1.30 bits per heavy atom. The summed E-state index contributed by atoms with van der Waals surface area (Å²) in [5.41, 5.74) is 1.92. The molecule has 1 aromatic rings. The number of rotatable bonds is 2. The fraction of sp³-hybridized carbons (Fsp3) is 0.467. The smallest absolute Gasteiger partial charge is 0.246 e. The lowest BCUT2D eigenvalue weighted by atomic mass is 10.0. The first-order chi connectivity index (χ1) is 9.65. The molecule has 5 heteroatoms. The van der Waals surface area contributed by atoms with E-state index in [0.29, 0.717) is 0 Å². The Labute approximate surface area is 118 Å². The van der Waals surface area contributed by atoms with E-state index in [2.05, 4.69) is 10.6 Å². The van der Waals surface area contributed by atoms with E-state index in [-0.39, 0.29) is 23.9 Å². The molecule has 20 heavy (non-hydrogen) atoms. The van der Waals surface area contributed by atoms with Gasteiger partial charge in [0.15, 0.2) is 0 Å². The van der Waals surface area contributed by atoms with Crippen LogP contribution >= 0.6 is 0 Å². The summed E-state index contributed by atoms with van der Waals surface area (Å²) >= 11 is 0. The maximum Gasteiger partial charge on any atom is 0.246 e. The van der Waals surface area contributed by atoms with Crippen LogP contribution in [0.25, 0.3) is 0 Å². The normalized spacial score (nSPS) is 22.6. The molecule has 0 saturated carbocycles. The number of hydrogen-bond acceptors (Lipinski definition) is 3. The third kappa shape index (κ3) is 2.41. The molecular formula is C15H19N3O2. The third-order valence-electron chi connectivity index (χ3n) is 4.13. The quantitative estimate of drug-likeness (QED) is 0.853. The molecule has 2 aliphatic rings. The molecule has 0 aliphatic carbocycles. The fourth-order valence-electron chi connectivity index (χ4n) is 2.97. The van der Waals surface area contributed by atoms with E-state index < -0.39 is 0 Å². The van der Waals surface area contributed by atoms with Crippen molar-refractivity contribution in [3.8, 4) is 0 Å². The SMILES string of the molecule is CC(=O)N1CCC(NC2C(=O)Nc3ccccc32)CC1. The highest BCUT2D eigenvalue weighted by Crippen LogP contribution is 2.31. The van der Waals surface area contributed by atoms with Crippen LogP contribution in [0.1, 0.15) is 31.4 Å². The van der Waals surface area contributed by atoms with Crippen LogP contribution in [0.3, 0.4) is 0 Å². The molecule has 0 radical (unpaired) electrons. The van der Waals surface area contributed by atoms with Gasteiger partial charge in [0, 0.05) is 37.3 Å². The van der Waals surface area contributed by atoms with E-state index in [0.717, 1.165) is 37.2 Å². The van der Waals surface area contributed by atoms with Gasteiger partial charge < -0.3 is 10.2 Å². The number of nitrogens with zero attached hydrogens (tertiary/aromatic N) is 1. The predicted octanol–water partition coefficient (Wildman–Crippen LogP) is 1.28. The van der Waals surface area contributed by atoms with E-state index in [1.54, 1.807) is 6.92 Å². The molecule has 2 amide bonds. The number of fused-ring (bicyclic) bond motifs is 1. The number of nitrogens with one attached hydrogen (secondary N) is 2. The van der Waals surface area contributed by atoms with Crippen LogP contribution in [0.15, 0.2) is 24.3 Å². The van der Waals surface area contributed by atoms with Crippen molar-refractivity contribution < 1.29 is 9.59 Å². The fourth-order valence-corrected chi connectivity index (χ4v) is 2.97. The average Bonchev–Trinajstić information content (AvgIpc) is 2.76. The lowest BCUT2D eigenvalue weighted by Crippen LogP contribution is -2.46. The van der Waals surface area contributed by atoms with Gasteiger partial charge >= 0.3 is 0 Å². The summed E-state index contributed by atoms with van der Waals surface area (Å²) in [6, 6.07) is 7.80. The van der Waals surface area contributed by atoms with Crippen molar-refractivity contribution in [1.82, 2.24) is 10.2 Å². The first kappa shape index (κ1) is 13.1. The van der Waals surface area contributed by atoms with Crippen LogP contribution in [-0.2, 0) is 9.59 Å². The molecule has 1 atom stereocenters. The van der Waals surface area contributed by atoms with Gasteiger partial charge in [0.05, 0.1) is 0 Å². The van der Waals surface area contributed by atoms with Gasteiger partial charge in [0.1, 0.15) is 6.04 Å². The van der Waals surface area contributed by atoms with Crippen molar-refractivity contribution in [3.05, 3.63) is 29.8 Å². The number of carbonyl (C=O) groups excluding carboxylic acids is 2. The number of carbonyl (C=O) groups is 2. The van der Waals surface area contributed by atoms with Crippen LogP contribution in [0.5, 0.6) is 0 Å². The number of piperidine rings is 1. The second-order valence-corrected chi connectivity index (χ2v) is 5.46. The number of anilines is 1. The Morgan fingerprint density at radius 2 is 2.00 bits per heavy atom. The van der Waals surface area contributed by atoms with Gasteiger partial charge in [-0.1, -0.05) is 18.2 Å². The number of amides is 2. The molecule has 0 bridgehead atoms. The second-order valence-electron chi connectivity index (χ2n) is 5.46. The molecule has 1 aromatic carbocycles. The first-order valence-corrected chi connectivity index (χ1v) is 7.06. The Bertz CT molecular complexity index is 536. The first-order valence-electron chi connectivity index (χ1n) is 7.06. The van der Waals surface area contributed by atoms with Gasteiger partial charge in [0.25, 0.3) is 0 Å². The maximum absolute atomic E-state index is 12.0. The molecule has 2 aliphatic heterocycles. The number of likely N-dealkylation sites (tertiary alicyclic amines) is 1. The number of para-hydroxylation sites is 1. The summed E-state index contributed by atoms with van der Waals surface area (Å²) in [4.78, 5) is 25.2. The summed E-state index contributed by atoms with van der Waals surface area (Å²) in [7, 11) is 0. The Balaban J connectivity index is 1.65. The van der Waals surface area contributed by atoms with E-state index in [1.165, 1.54) is 0 Å². The molecule has 2 N–H and O–H groups in total.